The van der Waals surface area contributed by atoms with E-state index in [2.05, 4.69) is 10.7 Å². The SMILES string of the molecule is C#CCOC(=O)COCCOCP=O. The Balaban J connectivity index is 3.15. The second-order valence-corrected chi connectivity index (χ2v) is 2.60. The van der Waals surface area contributed by atoms with Crippen molar-refractivity contribution in [1.82, 2.24) is 0 Å². The van der Waals surface area contributed by atoms with Crippen LogP contribution in [0.3, 0.4) is 0 Å². The summed E-state index contributed by atoms with van der Waals surface area (Å²) in [5, 5.41) is 0. The number of esters is 1. The minimum Gasteiger partial charge on any atom is -0.451 e. The van der Waals surface area contributed by atoms with E-state index < -0.39 is 5.97 Å². The Labute approximate surface area is 83.9 Å². The van der Waals surface area contributed by atoms with Crippen LogP contribution in [0.15, 0.2) is 0 Å². The first-order valence-corrected chi connectivity index (χ1v) is 4.84. The minimum absolute atomic E-state index is 0.0479. The molecule has 6 heteroatoms. The number of ether oxygens (including phenoxy) is 3. The van der Waals surface area contributed by atoms with Crippen LogP contribution in [0.1, 0.15) is 0 Å². The number of terminal acetylenes is 1. The molecule has 0 atom stereocenters. The first kappa shape index (κ1) is 13.1. The lowest BCUT2D eigenvalue weighted by Crippen LogP contribution is -2.15. The van der Waals surface area contributed by atoms with Gasteiger partial charge >= 0.3 is 5.97 Å². The summed E-state index contributed by atoms with van der Waals surface area (Å²) in [6.07, 6.45) is 5.00. The van der Waals surface area contributed by atoms with Crippen LogP contribution in [-0.2, 0) is 23.6 Å². The molecule has 0 bridgehead atoms. The van der Waals surface area contributed by atoms with E-state index in [4.69, 9.17) is 15.9 Å². The van der Waals surface area contributed by atoms with Crippen molar-refractivity contribution in [2.45, 2.75) is 0 Å². The smallest absolute Gasteiger partial charge is 0.333 e. The Morgan fingerprint density at radius 3 is 2.71 bits per heavy atom. The standard InChI is InChI=1S/C8H11O5P/c1-2-3-13-8(9)6-11-4-5-12-7-14-10/h1H,3-7H2. The highest BCUT2D eigenvalue weighted by atomic mass is 31.1. The van der Waals surface area contributed by atoms with Gasteiger partial charge in [-0.2, -0.15) is 0 Å². The zero-order chi connectivity index (χ0) is 10.6. The molecule has 0 saturated carbocycles. The summed E-state index contributed by atoms with van der Waals surface area (Å²) >= 11 is 0. The fraction of sp³-hybridized carbons (Fsp3) is 0.625. The molecule has 0 aliphatic carbocycles. The van der Waals surface area contributed by atoms with Crippen molar-refractivity contribution in [3.63, 3.8) is 0 Å². The molecule has 5 nitrogen and oxygen atoms in total. The third kappa shape index (κ3) is 9.14. The zero-order valence-electron chi connectivity index (χ0n) is 7.60. The van der Waals surface area contributed by atoms with Crippen LogP contribution in [0.2, 0.25) is 0 Å². The molecule has 0 aromatic rings. The molecule has 0 aliphatic heterocycles. The monoisotopic (exact) mass is 218 g/mol. The van der Waals surface area contributed by atoms with Crippen molar-refractivity contribution in [2.24, 2.45) is 0 Å². The summed E-state index contributed by atoms with van der Waals surface area (Å²) in [6, 6.07) is 0. The van der Waals surface area contributed by atoms with Gasteiger partial charge in [0.25, 0.3) is 0 Å². The van der Waals surface area contributed by atoms with Crippen LogP contribution in [0, 0.1) is 12.3 Å². The predicted molar refractivity (Wildman–Crippen MR) is 49.0 cm³/mol. The van der Waals surface area contributed by atoms with Gasteiger partial charge in [0.2, 0.25) is 0 Å². The van der Waals surface area contributed by atoms with Crippen molar-refractivity contribution in [1.29, 1.82) is 0 Å². The van der Waals surface area contributed by atoms with E-state index >= 15 is 0 Å². The van der Waals surface area contributed by atoms with Gasteiger partial charge in [0, 0.05) is 0 Å². The zero-order valence-corrected chi connectivity index (χ0v) is 8.50. The van der Waals surface area contributed by atoms with Crippen LogP contribution in [0.5, 0.6) is 0 Å². The molecular formula is C8H11O5P. The normalized spacial score (nSPS) is 9.64. The van der Waals surface area contributed by atoms with Gasteiger partial charge < -0.3 is 14.2 Å². The Bertz CT molecular complexity index is 210. The lowest BCUT2D eigenvalue weighted by molar-refractivity contribution is -0.147. The van der Waals surface area contributed by atoms with Crippen molar-refractivity contribution >= 4 is 14.4 Å². The fourth-order valence-electron chi connectivity index (χ4n) is 0.539. The number of carbonyl (C=O) groups excluding carboxylic acids is 1. The van der Waals surface area contributed by atoms with Crippen molar-refractivity contribution in [3.8, 4) is 12.3 Å². The number of carbonyl (C=O) groups is 1. The Hall–Kier alpha value is -0.950. The molecular weight excluding hydrogens is 207 g/mol. The highest BCUT2D eigenvalue weighted by Gasteiger charge is 2.00. The van der Waals surface area contributed by atoms with E-state index in [-0.39, 0.29) is 41.2 Å². The van der Waals surface area contributed by atoms with Gasteiger partial charge in [-0.05, 0) is 0 Å². The Morgan fingerprint density at radius 1 is 1.36 bits per heavy atom. The van der Waals surface area contributed by atoms with Gasteiger partial charge in [-0.25, -0.2) is 4.79 Å². The van der Waals surface area contributed by atoms with E-state index in [0.717, 1.165) is 0 Å². The molecule has 14 heavy (non-hydrogen) atoms. The first-order chi connectivity index (χ1) is 6.81. The van der Waals surface area contributed by atoms with Crippen LogP contribution in [0.25, 0.3) is 0 Å². The summed E-state index contributed by atoms with van der Waals surface area (Å²) in [5.74, 6) is 1.65. The number of rotatable bonds is 8. The molecule has 0 unspecified atom stereocenters. The summed E-state index contributed by atoms with van der Waals surface area (Å²) < 4.78 is 24.1. The molecule has 0 heterocycles. The third-order valence-electron chi connectivity index (χ3n) is 1.05. The summed E-state index contributed by atoms with van der Waals surface area (Å²) in [7, 11) is -0.0706. The lowest BCUT2D eigenvalue weighted by atomic mass is 10.7. The highest BCUT2D eigenvalue weighted by molar-refractivity contribution is 7.23. The Morgan fingerprint density at radius 2 is 2.07 bits per heavy atom. The Kier molecular flexibility index (Phi) is 9.45. The second-order valence-electron chi connectivity index (χ2n) is 2.08. The quantitative estimate of drug-likeness (QED) is 0.256. The maximum atomic E-state index is 10.8. The van der Waals surface area contributed by atoms with Gasteiger partial charge in [0.15, 0.2) is 15.1 Å². The molecule has 78 valence electrons. The minimum atomic E-state index is -0.509. The topological polar surface area (TPSA) is 61.8 Å². The number of hydrogen-bond donors (Lipinski definition) is 0. The highest BCUT2D eigenvalue weighted by Crippen LogP contribution is 1.90. The molecule has 0 rings (SSSR count). The second kappa shape index (κ2) is 10.1. The summed E-state index contributed by atoms with van der Waals surface area (Å²) in [6.45, 7) is 0.340. The van der Waals surface area contributed by atoms with E-state index in [9.17, 15) is 9.36 Å². The first-order valence-electron chi connectivity index (χ1n) is 3.85. The largest absolute Gasteiger partial charge is 0.451 e. The molecule has 0 fully saturated rings. The fourth-order valence-corrected chi connectivity index (χ4v) is 0.743. The van der Waals surface area contributed by atoms with Gasteiger partial charge in [-0.15, -0.1) is 6.42 Å². The van der Waals surface area contributed by atoms with E-state index in [0.29, 0.717) is 0 Å². The van der Waals surface area contributed by atoms with Crippen molar-refractivity contribution in [2.75, 3.05) is 32.8 Å². The molecule has 0 saturated heterocycles. The van der Waals surface area contributed by atoms with E-state index in [1.165, 1.54) is 0 Å². The van der Waals surface area contributed by atoms with Gasteiger partial charge in [0.1, 0.15) is 13.0 Å². The van der Waals surface area contributed by atoms with Crippen molar-refractivity contribution in [3.05, 3.63) is 0 Å². The maximum absolute atomic E-state index is 10.8. The van der Waals surface area contributed by atoms with Crippen LogP contribution >= 0.6 is 8.46 Å². The van der Waals surface area contributed by atoms with Crippen LogP contribution in [-0.4, -0.2) is 38.7 Å². The molecule has 0 N–H and O–H groups in total. The molecule has 0 radical (unpaired) electrons. The molecule has 0 spiro atoms. The van der Waals surface area contributed by atoms with Gasteiger partial charge in [-0.1, -0.05) is 5.92 Å². The average Bonchev–Trinajstić information content (AvgIpc) is 2.20. The molecule has 0 amide bonds. The van der Waals surface area contributed by atoms with Crippen LogP contribution < -0.4 is 0 Å². The maximum Gasteiger partial charge on any atom is 0.333 e. The third-order valence-corrected chi connectivity index (χ3v) is 1.34. The summed E-state index contributed by atoms with van der Waals surface area (Å²) in [5.41, 5.74) is 0. The molecule has 0 aliphatic rings. The van der Waals surface area contributed by atoms with Gasteiger partial charge in [0.05, 0.1) is 13.2 Å². The number of hydrogen-bond acceptors (Lipinski definition) is 5. The van der Waals surface area contributed by atoms with Gasteiger partial charge in [-0.3, -0.25) is 4.57 Å². The molecule has 0 aromatic heterocycles. The lowest BCUT2D eigenvalue weighted by Gasteiger charge is -2.02. The van der Waals surface area contributed by atoms with E-state index in [1.807, 2.05) is 0 Å². The summed E-state index contributed by atoms with van der Waals surface area (Å²) in [4.78, 5) is 10.8. The average molecular weight is 218 g/mol. The van der Waals surface area contributed by atoms with Crippen LogP contribution in [0.4, 0.5) is 0 Å². The molecule has 0 aromatic carbocycles. The predicted octanol–water partition coefficient (Wildman–Crippen LogP) is 0.445. The van der Waals surface area contributed by atoms with E-state index in [1.54, 1.807) is 0 Å². The van der Waals surface area contributed by atoms with Crippen molar-refractivity contribution < 1.29 is 23.6 Å².